The highest BCUT2D eigenvalue weighted by Crippen LogP contribution is 2.37. The fourth-order valence-electron chi connectivity index (χ4n) is 3.56. The number of hydrogen-bond donors (Lipinski definition) is 0. The molecule has 1 aromatic heterocycles. The van der Waals surface area contributed by atoms with Gasteiger partial charge in [0.25, 0.3) is 5.91 Å². The van der Waals surface area contributed by atoms with Crippen LogP contribution >= 0.6 is 23.7 Å². The topological polar surface area (TPSA) is 45.7 Å². The maximum absolute atomic E-state index is 13.7. The Hall–Kier alpha value is -2.15. The lowest BCUT2D eigenvalue weighted by Crippen LogP contribution is -2.39. The molecule has 0 aliphatic heterocycles. The zero-order valence-electron chi connectivity index (χ0n) is 19.2. The molecule has 0 saturated carbocycles. The summed E-state index contributed by atoms with van der Waals surface area (Å²) in [4.78, 5) is 22.7. The minimum absolute atomic E-state index is 0. The molecule has 3 rings (SSSR count). The molecule has 1 heterocycles. The van der Waals surface area contributed by atoms with E-state index in [9.17, 15) is 4.79 Å². The molecule has 0 fully saturated rings. The molecule has 3 aromatic rings. The van der Waals surface area contributed by atoms with E-state index in [0.717, 1.165) is 63.0 Å². The average molecular weight is 462 g/mol. The number of amides is 1. The minimum Gasteiger partial charge on any atom is -0.494 e. The fourth-order valence-corrected chi connectivity index (χ4v) is 4.63. The van der Waals surface area contributed by atoms with Gasteiger partial charge in [0.1, 0.15) is 11.3 Å². The zero-order chi connectivity index (χ0) is 21.8. The number of aryl methyl sites for hydroxylation is 3. The molecule has 0 aliphatic carbocycles. The van der Waals surface area contributed by atoms with Gasteiger partial charge in [-0.15, -0.1) is 12.4 Å². The summed E-state index contributed by atoms with van der Waals surface area (Å²) in [5, 5.41) is 0.718. The van der Waals surface area contributed by atoms with Crippen LogP contribution in [0.3, 0.4) is 0 Å². The third-order valence-corrected chi connectivity index (χ3v) is 6.76. The van der Waals surface area contributed by atoms with Crippen molar-refractivity contribution in [1.29, 1.82) is 0 Å². The van der Waals surface area contributed by atoms with Gasteiger partial charge in [-0.05, 0) is 57.1 Å². The summed E-state index contributed by atoms with van der Waals surface area (Å²) < 4.78 is 6.58. The Morgan fingerprint density at radius 1 is 1.03 bits per heavy atom. The number of nitrogens with zero attached hydrogens (tertiary/aromatic N) is 3. The summed E-state index contributed by atoms with van der Waals surface area (Å²) in [6, 6.07) is 10.00. The van der Waals surface area contributed by atoms with Crippen molar-refractivity contribution in [2.75, 3.05) is 38.2 Å². The van der Waals surface area contributed by atoms with Crippen molar-refractivity contribution in [3.63, 3.8) is 0 Å². The van der Waals surface area contributed by atoms with Crippen molar-refractivity contribution in [3.05, 3.63) is 52.6 Å². The van der Waals surface area contributed by atoms with E-state index in [0.29, 0.717) is 6.54 Å². The quantitative estimate of drug-likeness (QED) is 0.435. The number of thiazole rings is 1. The van der Waals surface area contributed by atoms with Crippen LogP contribution in [0.2, 0.25) is 0 Å². The Morgan fingerprint density at radius 2 is 1.71 bits per heavy atom. The monoisotopic (exact) mass is 461 g/mol. The molecular formula is C24H32ClN3O2S. The summed E-state index contributed by atoms with van der Waals surface area (Å²) in [6.45, 7) is 13.7. The first kappa shape index (κ1) is 25.1. The standard InChI is InChI=1S/C24H31N3O2S.ClH/c1-7-26(8-2)13-14-27(23(28)19-15-16(3)9-10-17(19)4)24-25-21-20(29-6)12-11-18(5)22(21)30-24;/h9-12,15H,7-8,13-14H2,1-6H3;1H. The van der Waals surface area contributed by atoms with Gasteiger partial charge in [0, 0.05) is 18.7 Å². The molecule has 1 amide bonds. The van der Waals surface area contributed by atoms with E-state index in [4.69, 9.17) is 9.72 Å². The smallest absolute Gasteiger partial charge is 0.260 e. The number of likely N-dealkylation sites (N-methyl/N-ethyl adjacent to an activating group) is 1. The third kappa shape index (κ3) is 5.37. The summed E-state index contributed by atoms with van der Waals surface area (Å²) in [5.41, 5.74) is 4.75. The highest BCUT2D eigenvalue weighted by Gasteiger charge is 2.24. The lowest BCUT2D eigenvalue weighted by Gasteiger charge is -2.25. The van der Waals surface area contributed by atoms with E-state index in [1.807, 2.05) is 49.1 Å². The number of ether oxygens (including phenoxy) is 1. The first-order valence-corrected chi connectivity index (χ1v) is 11.3. The molecule has 0 radical (unpaired) electrons. The SMILES string of the molecule is CCN(CC)CCN(C(=O)c1cc(C)ccc1C)c1nc2c(OC)ccc(C)c2s1.Cl. The molecule has 0 unspecified atom stereocenters. The van der Waals surface area contributed by atoms with Crippen LogP contribution < -0.4 is 9.64 Å². The number of rotatable bonds is 8. The van der Waals surface area contributed by atoms with E-state index in [-0.39, 0.29) is 18.3 Å². The number of fused-ring (bicyclic) bond motifs is 1. The minimum atomic E-state index is -0.000896. The van der Waals surface area contributed by atoms with Crippen molar-refractivity contribution in [2.45, 2.75) is 34.6 Å². The Morgan fingerprint density at radius 3 is 2.35 bits per heavy atom. The van der Waals surface area contributed by atoms with E-state index in [1.54, 1.807) is 18.4 Å². The first-order chi connectivity index (χ1) is 14.4. The zero-order valence-corrected chi connectivity index (χ0v) is 20.8. The number of aromatic nitrogens is 1. The summed E-state index contributed by atoms with van der Waals surface area (Å²) >= 11 is 1.56. The van der Waals surface area contributed by atoms with E-state index < -0.39 is 0 Å². The molecule has 0 atom stereocenters. The molecule has 0 N–H and O–H groups in total. The summed E-state index contributed by atoms with van der Waals surface area (Å²) in [6.07, 6.45) is 0. The van der Waals surface area contributed by atoms with Crippen molar-refractivity contribution in [2.24, 2.45) is 0 Å². The predicted octanol–water partition coefficient (Wildman–Crippen LogP) is 5.64. The van der Waals surface area contributed by atoms with Crippen LogP contribution in [0, 0.1) is 20.8 Å². The number of benzene rings is 2. The maximum Gasteiger partial charge on any atom is 0.260 e. The van der Waals surface area contributed by atoms with Crippen LogP contribution in [0.1, 0.15) is 40.9 Å². The summed E-state index contributed by atoms with van der Waals surface area (Å²) in [5.74, 6) is 0.736. The van der Waals surface area contributed by atoms with Crippen LogP contribution in [0.15, 0.2) is 30.3 Å². The number of carbonyl (C=O) groups is 1. The highest BCUT2D eigenvalue weighted by atomic mass is 35.5. The largest absolute Gasteiger partial charge is 0.494 e. The van der Waals surface area contributed by atoms with Crippen LogP contribution in [0.5, 0.6) is 5.75 Å². The Kier molecular flexibility index (Phi) is 8.86. The second-order valence-corrected chi connectivity index (χ2v) is 8.54. The number of hydrogen-bond acceptors (Lipinski definition) is 5. The Labute approximate surface area is 195 Å². The van der Waals surface area contributed by atoms with Gasteiger partial charge >= 0.3 is 0 Å². The van der Waals surface area contributed by atoms with Gasteiger partial charge in [-0.1, -0.05) is 48.9 Å². The lowest BCUT2D eigenvalue weighted by atomic mass is 10.0. The molecule has 7 heteroatoms. The first-order valence-electron chi connectivity index (χ1n) is 10.4. The number of anilines is 1. The molecule has 31 heavy (non-hydrogen) atoms. The second-order valence-electron chi connectivity index (χ2n) is 7.56. The molecular weight excluding hydrogens is 430 g/mol. The molecule has 5 nitrogen and oxygen atoms in total. The van der Waals surface area contributed by atoms with Crippen LogP contribution in [0.4, 0.5) is 5.13 Å². The molecule has 0 aliphatic rings. The Bertz CT molecular complexity index is 1050. The van der Waals surface area contributed by atoms with Crippen LogP contribution in [-0.4, -0.2) is 49.1 Å². The van der Waals surface area contributed by atoms with Gasteiger partial charge in [-0.25, -0.2) is 4.98 Å². The number of carbonyl (C=O) groups excluding carboxylic acids is 1. The molecule has 2 aromatic carbocycles. The second kappa shape index (κ2) is 10.9. The highest BCUT2D eigenvalue weighted by molar-refractivity contribution is 7.22. The van der Waals surface area contributed by atoms with Gasteiger partial charge in [-0.2, -0.15) is 0 Å². The normalized spacial score (nSPS) is 10.9. The van der Waals surface area contributed by atoms with Crippen molar-refractivity contribution >= 4 is 45.0 Å². The fraction of sp³-hybridized carbons (Fsp3) is 0.417. The van der Waals surface area contributed by atoms with Crippen LogP contribution in [-0.2, 0) is 0 Å². The molecule has 168 valence electrons. The number of methoxy groups -OCH3 is 1. The number of halogens is 1. The van der Waals surface area contributed by atoms with Gasteiger partial charge in [0.05, 0.1) is 11.8 Å². The summed E-state index contributed by atoms with van der Waals surface area (Å²) in [7, 11) is 1.66. The predicted molar refractivity (Wildman–Crippen MR) is 134 cm³/mol. The van der Waals surface area contributed by atoms with Crippen molar-refractivity contribution in [3.8, 4) is 5.75 Å². The van der Waals surface area contributed by atoms with E-state index in [1.165, 1.54) is 0 Å². The van der Waals surface area contributed by atoms with Gasteiger partial charge < -0.3 is 9.64 Å². The molecule has 0 saturated heterocycles. The Balaban J connectivity index is 0.00000341. The van der Waals surface area contributed by atoms with E-state index in [2.05, 4.69) is 25.7 Å². The molecule has 0 spiro atoms. The van der Waals surface area contributed by atoms with Crippen LogP contribution in [0.25, 0.3) is 10.2 Å². The average Bonchev–Trinajstić information content (AvgIpc) is 3.19. The van der Waals surface area contributed by atoms with E-state index >= 15 is 0 Å². The third-order valence-electron chi connectivity index (χ3n) is 5.55. The van der Waals surface area contributed by atoms with Gasteiger partial charge in [-0.3, -0.25) is 9.69 Å². The maximum atomic E-state index is 13.7. The lowest BCUT2D eigenvalue weighted by molar-refractivity contribution is 0.0983. The molecule has 0 bridgehead atoms. The van der Waals surface area contributed by atoms with Crippen molar-refractivity contribution in [1.82, 2.24) is 9.88 Å². The van der Waals surface area contributed by atoms with Gasteiger partial charge in [0.15, 0.2) is 5.13 Å². The van der Waals surface area contributed by atoms with Crippen molar-refractivity contribution < 1.29 is 9.53 Å². The van der Waals surface area contributed by atoms with Gasteiger partial charge in [0.2, 0.25) is 0 Å².